The van der Waals surface area contributed by atoms with Crippen LogP contribution in [0.2, 0.25) is 0 Å². The molecule has 0 saturated heterocycles. The summed E-state index contributed by atoms with van der Waals surface area (Å²) in [7, 11) is 0. The van der Waals surface area contributed by atoms with Crippen LogP contribution in [-0.4, -0.2) is 28.0 Å². The fraction of sp³-hybridized carbons (Fsp3) is 0.500. The number of amides is 1. The van der Waals surface area contributed by atoms with Crippen molar-refractivity contribution in [1.82, 2.24) is 15.3 Å². The van der Waals surface area contributed by atoms with Crippen LogP contribution in [0.25, 0.3) is 0 Å². The zero-order valence-electron chi connectivity index (χ0n) is 9.99. The second-order valence-electron chi connectivity index (χ2n) is 3.95. The lowest BCUT2D eigenvalue weighted by Crippen LogP contribution is -2.41. The van der Waals surface area contributed by atoms with Gasteiger partial charge in [0.1, 0.15) is 28.5 Å². The molecule has 4 N–H and O–H groups in total. The van der Waals surface area contributed by atoms with Crippen molar-refractivity contribution in [2.75, 3.05) is 11.1 Å². The highest BCUT2D eigenvalue weighted by Gasteiger charge is 2.16. The number of nitrogens with two attached hydrogens (primary N) is 1. The van der Waals surface area contributed by atoms with Crippen molar-refractivity contribution in [3.05, 3.63) is 10.8 Å². The Bertz CT molecular complexity index is 410. The summed E-state index contributed by atoms with van der Waals surface area (Å²) in [4.78, 5) is 19.5. The van der Waals surface area contributed by atoms with Gasteiger partial charge in [-0.1, -0.05) is 0 Å². The zero-order valence-corrected chi connectivity index (χ0v) is 11.6. The molecular formula is C10H16BrN5O. The molecule has 7 heteroatoms. The van der Waals surface area contributed by atoms with E-state index in [4.69, 9.17) is 5.73 Å². The minimum absolute atomic E-state index is 0.0934. The maximum absolute atomic E-state index is 11.7. The molecule has 1 unspecified atom stereocenters. The standard InChI is InChI=1S/C10H16BrN5O/c1-5(2)15-10(17)6(3)16-9-7(11)8(12)13-4-14-9/h4-6H,1-3H3,(H,15,17)(H3,12,13,14,16). The van der Waals surface area contributed by atoms with E-state index in [0.29, 0.717) is 16.1 Å². The van der Waals surface area contributed by atoms with E-state index in [1.807, 2.05) is 13.8 Å². The summed E-state index contributed by atoms with van der Waals surface area (Å²) in [5.74, 6) is 0.743. The van der Waals surface area contributed by atoms with Crippen LogP contribution >= 0.6 is 15.9 Å². The molecule has 0 spiro atoms. The summed E-state index contributed by atoms with van der Waals surface area (Å²) in [6.45, 7) is 5.56. The lowest BCUT2D eigenvalue weighted by Gasteiger charge is -2.17. The molecule has 0 aliphatic carbocycles. The number of nitrogens with zero attached hydrogens (tertiary/aromatic N) is 2. The molecule has 1 atom stereocenters. The highest BCUT2D eigenvalue weighted by atomic mass is 79.9. The first-order valence-corrected chi connectivity index (χ1v) is 6.04. The summed E-state index contributed by atoms with van der Waals surface area (Å²) in [5, 5.41) is 5.77. The van der Waals surface area contributed by atoms with Gasteiger partial charge in [0.15, 0.2) is 0 Å². The lowest BCUT2D eigenvalue weighted by atomic mass is 10.3. The average molecular weight is 302 g/mol. The van der Waals surface area contributed by atoms with Crippen molar-refractivity contribution < 1.29 is 4.79 Å². The SMILES string of the molecule is CC(C)NC(=O)C(C)Nc1ncnc(N)c1Br. The van der Waals surface area contributed by atoms with Crippen LogP contribution in [-0.2, 0) is 4.79 Å². The van der Waals surface area contributed by atoms with Gasteiger partial charge in [0, 0.05) is 6.04 Å². The molecule has 0 aliphatic heterocycles. The van der Waals surface area contributed by atoms with Crippen LogP contribution < -0.4 is 16.4 Å². The molecule has 0 saturated carbocycles. The first-order valence-electron chi connectivity index (χ1n) is 5.24. The van der Waals surface area contributed by atoms with Crippen molar-refractivity contribution >= 4 is 33.5 Å². The fourth-order valence-corrected chi connectivity index (χ4v) is 1.48. The van der Waals surface area contributed by atoms with Gasteiger partial charge in [0.25, 0.3) is 0 Å². The number of aromatic nitrogens is 2. The summed E-state index contributed by atoms with van der Waals surface area (Å²) < 4.78 is 0.559. The Morgan fingerprint density at radius 3 is 2.65 bits per heavy atom. The van der Waals surface area contributed by atoms with E-state index in [-0.39, 0.29) is 11.9 Å². The monoisotopic (exact) mass is 301 g/mol. The number of hydrogen-bond donors (Lipinski definition) is 3. The third-order valence-corrected chi connectivity index (χ3v) is 2.78. The average Bonchev–Trinajstić information content (AvgIpc) is 2.23. The molecule has 0 fully saturated rings. The molecule has 0 aliphatic rings. The Hall–Kier alpha value is -1.37. The number of anilines is 2. The Kier molecular flexibility index (Phi) is 4.68. The molecule has 1 aromatic rings. The normalized spacial score (nSPS) is 12.3. The summed E-state index contributed by atoms with van der Waals surface area (Å²) >= 11 is 3.26. The van der Waals surface area contributed by atoms with Gasteiger partial charge in [-0.15, -0.1) is 0 Å². The number of nitrogen functional groups attached to an aromatic ring is 1. The predicted octanol–water partition coefficient (Wildman–Crippen LogP) is 1.15. The molecule has 17 heavy (non-hydrogen) atoms. The number of carbonyl (C=O) groups is 1. The molecule has 1 amide bonds. The van der Waals surface area contributed by atoms with Gasteiger partial charge in [-0.3, -0.25) is 4.79 Å². The van der Waals surface area contributed by atoms with Crippen LogP contribution in [0.5, 0.6) is 0 Å². The molecular weight excluding hydrogens is 286 g/mol. The van der Waals surface area contributed by atoms with Crippen molar-refractivity contribution in [2.24, 2.45) is 0 Å². The molecule has 0 bridgehead atoms. The molecule has 1 heterocycles. The Morgan fingerprint density at radius 2 is 2.06 bits per heavy atom. The zero-order chi connectivity index (χ0) is 13.0. The van der Waals surface area contributed by atoms with Crippen LogP contribution in [0.3, 0.4) is 0 Å². The largest absolute Gasteiger partial charge is 0.383 e. The van der Waals surface area contributed by atoms with Gasteiger partial charge < -0.3 is 16.4 Å². The fourth-order valence-electron chi connectivity index (χ4n) is 1.16. The van der Waals surface area contributed by atoms with Crippen LogP contribution in [0.1, 0.15) is 20.8 Å². The van der Waals surface area contributed by atoms with Gasteiger partial charge in [-0.2, -0.15) is 0 Å². The number of halogens is 1. The number of hydrogen-bond acceptors (Lipinski definition) is 5. The van der Waals surface area contributed by atoms with Gasteiger partial charge in [0.2, 0.25) is 5.91 Å². The van der Waals surface area contributed by atoms with E-state index in [2.05, 4.69) is 36.5 Å². The third-order valence-electron chi connectivity index (χ3n) is 1.99. The second-order valence-corrected chi connectivity index (χ2v) is 4.74. The highest BCUT2D eigenvalue weighted by molar-refractivity contribution is 9.10. The van der Waals surface area contributed by atoms with Crippen LogP contribution in [0.15, 0.2) is 10.8 Å². The molecule has 94 valence electrons. The highest BCUT2D eigenvalue weighted by Crippen LogP contribution is 2.24. The number of rotatable bonds is 4. The third kappa shape index (κ3) is 3.85. The van der Waals surface area contributed by atoms with Gasteiger partial charge in [-0.05, 0) is 36.7 Å². The van der Waals surface area contributed by atoms with Crippen molar-refractivity contribution in [2.45, 2.75) is 32.9 Å². The second kappa shape index (κ2) is 5.81. The minimum atomic E-state index is -0.400. The maximum atomic E-state index is 11.7. The van der Waals surface area contributed by atoms with Crippen molar-refractivity contribution in [1.29, 1.82) is 0 Å². The van der Waals surface area contributed by atoms with Gasteiger partial charge in [0.05, 0.1) is 0 Å². The van der Waals surface area contributed by atoms with Gasteiger partial charge in [-0.25, -0.2) is 9.97 Å². The molecule has 0 radical (unpaired) electrons. The summed E-state index contributed by atoms with van der Waals surface area (Å²) in [6.07, 6.45) is 1.34. The summed E-state index contributed by atoms with van der Waals surface area (Å²) in [6, 6.07) is -0.298. The first kappa shape index (κ1) is 13.7. The smallest absolute Gasteiger partial charge is 0.242 e. The van der Waals surface area contributed by atoms with Crippen LogP contribution in [0.4, 0.5) is 11.6 Å². The van der Waals surface area contributed by atoms with E-state index < -0.39 is 6.04 Å². The van der Waals surface area contributed by atoms with E-state index in [9.17, 15) is 4.79 Å². The molecule has 0 aromatic carbocycles. The van der Waals surface area contributed by atoms with E-state index in [0.717, 1.165) is 0 Å². The predicted molar refractivity (Wildman–Crippen MR) is 70.5 cm³/mol. The van der Waals surface area contributed by atoms with Crippen LogP contribution in [0, 0.1) is 0 Å². The summed E-state index contributed by atoms with van der Waals surface area (Å²) in [5.41, 5.74) is 5.61. The Morgan fingerprint density at radius 1 is 1.41 bits per heavy atom. The number of nitrogens with one attached hydrogen (secondary N) is 2. The number of carbonyl (C=O) groups excluding carboxylic acids is 1. The molecule has 1 aromatic heterocycles. The quantitative estimate of drug-likeness (QED) is 0.776. The minimum Gasteiger partial charge on any atom is -0.383 e. The molecule has 6 nitrogen and oxygen atoms in total. The van der Waals surface area contributed by atoms with Crippen molar-refractivity contribution in [3.8, 4) is 0 Å². The first-order chi connectivity index (χ1) is 7.91. The van der Waals surface area contributed by atoms with Crippen molar-refractivity contribution in [3.63, 3.8) is 0 Å². The Labute approximate surface area is 109 Å². The Balaban J connectivity index is 2.71. The van der Waals surface area contributed by atoms with E-state index >= 15 is 0 Å². The molecule has 1 rings (SSSR count). The maximum Gasteiger partial charge on any atom is 0.242 e. The van der Waals surface area contributed by atoms with E-state index in [1.54, 1.807) is 6.92 Å². The van der Waals surface area contributed by atoms with E-state index in [1.165, 1.54) is 6.33 Å². The van der Waals surface area contributed by atoms with Gasteiger partial charge >= 0.3 is 0 Å². The lowest BCUT2D eigenvalue weighted by molar-refractivity contribution is -0.122. The topological polar surface area (TPSA) is 92.9 Å².